The van der Waals surface area contributed by atoms with Crippen LogP contribution in [-0.2, 0) is 20.9 Å². The minimum atomic E-state index is -0.787. The summed E-state index contributed by atoms with van der Waals surface area (Å²) in [6, 6.07) is 20.3. The summed E-state index contributed by atoms with van der Waals surface area (Å²) in [7, 11) is 1.44. The van der Waals surface area contributed by atoms with Crippen LogP contribution in [-0.4, -0.2) is 44.4 Å². The van der Waals surface area contributed by atoms with Crippen LogP contribution in [0.25, 0.3) is 10.8 Å². The van der Waals surface area contributed by atoms with Gasteiger partial charge in [-0.25, -0.2) is 15.0 Å². The van der Waals surface area contributed by atoms with Crippen molar-refractivity contribution in [2.45, 2.75) is 26.5 Å². The SMILES string of the molecule is CCOC(=O)C1=C(C)NC(=O)N[C@@H]1c1ccc(OCC(=O)N/N=C/c2c(OCc3ccc(Cl)cc3Cl)ccc3ccccc23)c(OC)c1. The van der Waals surface area contributed by atoms with Gasteiger partial charge in [0.25, 0.3) is 5.91 Å². The number of nitrogens with zero attached hydrogens (tertiary/aromatic N) is 1. The average molecular weight is 692 g/mol. The molecule has 0 aliphatic carbocycles. The molecule has 0 aromatic heterocycles. The Balaban J connectivity index is 1.27. The number of benzene rings is 4. The van der Waals surface area contributed by atoms with E-state index in [9.17, 15) is 14.4 Å². The van der Waals surface area contributed by atoms with Gasteiger partial charge in [0, 0.05) is 26.9 Å². The number of allylic oxidation sites excluding steroid dienone is 1. The molecule has 0 unspecified atom stereocenters. The van der Waals surface area contributed by atoms with Gasteiger partial charge in [-0.3, -0.25) is 4.79 Å². The minimum Gasteiger partial charge on any atom is -0.493 e. The number of amides is 3. The van der Waals surface area contributed by atoms with Gasteiger partial charge >= 0.3 is 12.0 Å². The third-order valence-corrected chi connectivity index (χ3v) is 7.94. The lowest BCUT2D eigenvalue weighted by Crippen LogP contribution is -2.45. The lowest BCUT2D eigenvalue weighted by atomic mass is 9.95. The molecule has 0 radical (unpaired) electrons. The van der Waals surface area contributed by atoms with Crippen LogP contribution in [0.3, 0.4) is 0 Å². The number of hydrazone groups is 1. The molecule has 1 aliphatic rings. The van der Waals surface area contributed by atoms with E-state index in [0.717, 1.165) is 16.3 Å². The number of rotatable bonds is 12. The Morgan fingerprint density at radius 3 is 2.54 bits per heavy atom. The van der Waals surface area contributed by atoms with Crippen molar-refractivity contribution in [2.75, 3.05) is 20.3 Å². The molecule has 0 saturated carbocycles. The average Bonchev–Trinajstić information content (AvgIpc) is 3.07. The van der Waals surface area contributed by atoms with E-state index in [1.54, 1.807) is 50.2 Å². The lowest BCUT2D eigenvalue weighted by molar-refractivity contribution is -0.139. The van der Waals surface area contributed by atoms with Crippen molar-refractivity contribution in [3.8, 4) is 17.2 Å². The molecule has 1 heterocycles. The Morgan fingerprint density at radius 1 is 0.979 bits per heavy atom. The molecule has 248 valence electrons. The highest BCUT2D eigenvalue weighted by Crippen LogP contribution is 2.35. The fraction of sp³-hybridized carbons (Fsp3) is 0.200. The van der Waals surface area contributed by atoms with Crippen LogP contribution in [0.5, 0.6) is 17.2 Å². The van der Waals surface area contributed by atoms with Gasteiger partial charge in [-0.1, -0.05) is 65.7 Å². The molecule has 0 bridgehead atoms. The summed E-state index contributed by atoms with van der Waals surface area (Å²) < 4.78 is 22.5. The van der Waals surface area contributed by atoms with Gasteiger partial charge < -0.3 is 29.6 Å². The Kier molecular flexibility index (Phi) is 11.0. The smallest absolute Gasteiger partial charge is 0.338 e. The van der Waals surface area contributed by atoms with Crippen molar-refractivity contribution >= 4 is 58.1 Å². The standard InChI is InChI=1S/C35H32Cl2N4O7/c1-4-46-34(43)32-20(2)39-35(44)40-33(32)22-11-14-29(30(15-22)45-3)48-19-31(42)41-38-17-26-25-8-6-5-7-21(25)10-13-28(26)47-18-23-9-12-24(36)16-27(23)37/h5-17,33H,4,18-19H2,1-3H3,(H,41,42)(H2,39,40,44)/b38-17+/t33-/m1/s1. The van der Waals surface area contributed by atoms with Crippen molar-refractivity contribution in [1.82, 2.24) is 16.1 Å². The molecule has 5 rings (SSSR count). The highest BCUT2D eigenvalue weighted by molar-refractivity contribution is 6.35. The lowest BCUT2D eigenvalue weighted by Gasteiger charge is -2.28. The minimum absolute atomic E-state index is 0.176. The summed E-state index contributed by atoms with van der Waals surface area (Å²) in [6.07, 6.45) is 1.51. The summed E-state index contributed by atoms with van der Waals surface area (Å²) >= 11 is 12.4. The Labute approximate surface area is 286 Å². The van der Waals surface area contributed by atoms with Gasteiger partial charge in [-0.05, 0) is 60.5 Å². The number of esters is 1. The number of carbonyl (C=O) groups is 3. The maximum absolute atomic E-state index is 12.7. The molecular formula is C35H32Cl2N4O7. The van der Waals surface area contributed by atoms with E-state index in [1.165, 1.54) is 13.3 Å². The van der Waals surface area contributed by atoms with E-state index >= 15 is 0 Å². The van der Waals surface area contributed by atoms with Crippen LogP contribution < -0.4 is 30.3 Å². The number of fused-ring (bicyclic) bond motifs is 1. The normalized spacial score (nSPS) is 14.4. The first kappa shape index (κ1) is 34.1. The van der Waals surface area contributed by atoms with Gasteiger partial charge in [-0.15, -0.1) is 0 Å². The molecule has 3 amide bonds. The van der Waals surface area contributed by atoms with Gasteiger partial charge in [0.2, 0.25) is 0 Å². The molecule has 48 heavy (non-hydrogen) atoms. The first-order chi connectivity index (χ1) is 23.2. The van der Waals surface area contributed by atoms with Crippen LogP contribution in [0.4, 0.5) is 4.79 Å². The van der Waals surface area contributed by atoms with Crippen molar-refractivity contribution in [3.05, 3.63) is 111 Å². The van der Waals surface area contributed by atoms with E-state index in [0.29, 0.717) is 32.6 Å². The molecule has 1 aliphatic heterocycles. The van der Waals surface area contributed by atoms with Crippen LogP contribution >= 0.6 is 23.2 Å². The topological polar surface area (TPSA) is 137 Å². The third kappa shape index (κ3) is 7.99. The summed E-state index contributed by atoms with van der Waals surface area (Å²) in [5.74, 6) is 0.0132. The fourth-order valence-electron chi connectivity index (χ4n) is 5.08. The second-order valence-electron chi connectivity index (χ2n) is 10.5. The van der Waals surface area contributed by atoms with Crippen LogP contribution in [0.1, 0.15) is 36.6 Å². The third-order valence-electron chi connectivity index (χ3n) is 7.36. The molecule has 13 heteroatoms. The largest absolute Gasteiger partial charge is 0.493 e. The molecule has 0 fully saturated rings. The Bertz CT molecular complexity index is 1930. The molecule has 0 saturated heterocycles. The number of urea groups is 1. The summed E-state index contributed by atoms with van der Waals surface area (Å²) in [4.78, 5) is 37.6. The molecule has 0 spiro atoms. The number of hydrogen-bond donors (Lipinski definition) is 3. The number of nitrogens with one attached hydrogen (secondary N) is 3. The number of hydrogen-bond acceptors (Lipinski definition) is 8. The van der Waals surface area contributed by atoms with Crippen LogP contribution in [0, 0.1) is 0 Å². The van der Waals surface area contributed by atoms with Gasteiger partial charge in [0.05, 0.1) is 31.5 Å². The second-order valence-corrected chi connectivity index (χ2v) is 11.3. The first-order valence-electron chi connectivity index (χ1n) is 14.8. The number of methoxy groups -OCH3 is 1. The Hall–Kier alpha value is -5.26. The Morgan fingerprint density at radius 2 is 1.77 bits per heavy atom. The highest BCUT2D eigenvalue weighted by Gasteiger charge is 2.32. The molecule has 4 aromatic rings. The second kappa shape index (κ2) is 15.6. The summed E-state index contributed by atoms with van der Waals surface area (Å²) in [5, 5.41) is 12.4. The van der Waals surface area contributed by atoms with Gasteiger partial charge in [-0.2, -0.15) is 5.10 Å². The number of halogens is 2. The van der Waals surface area contributed by atoms with Gasteiger partial charge in [0.15, 0.2) is 18.1 Å². The maximum Gasteiger partial charge on any atom is 0.338 e. The first-order valence-corrected chi connectivity index (χ1v) is 15.6. The van der Waals surface area contributed by atoms with E-state index in [2.05, 4.69) is 21.2 Å². The molecule has 11 nitrogen and oxygen atoms in total. The monoisotopic (exact) mass is 690 g/mol. The zero-order valence-electron chi connectivity index (χ0n) is 26.3. The van der Waals surface area contributed by atoms with Crippen LogP contribution in [0.2, 0.25) is 10.0 Å². The van der Waals surface area contributed by atoms with Gasteiger partial charge in [0.1, 0.15) is 12.4 Å². The zero-order valence-corrected chi connectivity index (χ0v) is 27.8. The van der Waals surface area contributed by atoms with E-state index in [-0.39, 0.29) is 36.9 Å². The predicted octanol–water partition coefficient (Wildman–Crippen LogP) is 6.45. The number of carbonyl (C=O) groups excluding carboxylic acids is 3. The summed E-state index contributed by atoms with van der Waals surface area (Å²) in [5.41, 5.74) is 5.10. The fourth-order valence-corrected chi connectivity index (χ4v) is 5.54. The van der Waals surface area contributed by atoms with E-state index in [1.807, 2.05) is 36.4 Å². The maximum atomic E-state index is 12.7. The molecule has 4 aromatic carbocycles. The van der Waals surface area contributed by atoms with Crippen molar-refractivity contribution < 1.29 is 33.3 Å². The van der Waals surface area contributed by atoms with Crippen molar-refractivity contribution in [3.63, 3.8) is 0 Å². The van der Waals surface area contributed by atoms with E-state index in [4.69, 9.17) is 42.1 Å². The quantitative estimate of drug-likeness (QED) is 0.0882. The molecule has 1 atom stereocenters. The zero-order chi connectivity index (χ0) is 34.2. The van der Waals surface area contributed by atoms with Crippen molar-refractivity contribution in [2.24, 2.45) is 5.10 Å². The molecule has 3 N–H and O–H groups in total. The summed E-state index contributed by atoms with van der Waals surface area (Å²) in [6.45, 7) is 3.32. The number of ether oxygens (including phenoxy) is 4. The molecular weight excluding hydrogens is 659 g/mol. The highest BCUT2D eigenvalue weighted by atomic mass is 35.5. The van der Waals surface area contributed by atoms with E-state index < -0.39 is 23.9 Å². The van der Waals surface area contributed by atoms with Crippen LogP contribution in [0.15, 0.2) is 89.2 Å². The predicted molar refractivity (Wildman–Crippen MR) is 183 cm³/mol. The van der Waals surface area contributed by atoms with Crippen molar-refractivity contribution in [1.29, 1.82) is 0 Å².